The zero-order chi connectivity index (χ0) is 30.4. The lowest BCUT2D eigenvalue weighted by Gasteiger charge is -2.37. The minimum absolute atomic E-state index is 0.195. The van der Waals surface area contributed by atoms with Gasteiger partial charge in [-0.25, -0.2) is 4.79 Å². The third-order valence-electron chi connectivity index (χ3n) is 8.68. The van der Waals surface area contributed by atoms with Gasteiger partial charge in [0, 0.05) is 42.0 Å². The standard InChI is InChI=1S/C34H36ClN5O2S/c1-20-15-21(2)19-38(18-20)30-13-12-26(17-28(30)35)40-32(31(37-34(40)43)29-7-5-6-14-36-29)27-16-22(3)39(23(27)4)25-10-8-24(9-11-25)33(41)42/h5-14,16-17,20-21,31-32H,15,18-19H2,1-4H3,(H,37,43)(H,41,42)/t20-,21+,31-,32+/m1/s1. The molecule has 2 saturated heterocycles. The summed E-state index contributed by atoms with van der Waals surface area (Å²) in [6.07, 6.45) is 3.04. The monoisotopic (exact) mass is 613 g/mol. The lowest BCUT2D eigenvalue weighted by atomic mass is 9.91. The maximum Gasteiger partial charge on any atom is 0.335 e. The molecule has 0 amide bonds. The van der Waals surface area contributed by atoms with Gasteiger partial charge in [0.1, 0.15) is 0 Å². The lowest BCUT2D eigenvalue weighted by molar-refractivity contribution is 0.0697. The number of carboxylic acid groups (broad SMARTS) is 1. The Bertz CT molecular complexity index is 1660. The molecule has 7 nitrogen and oxygen atoms in total. The predicted molar refractivity (Wildman–Crippen MR) is 177 cm³/mol. The number of aromatic carboxylic acids is 1. The molecule has 0 spiro atoms. The summed E-state index contributed by atoms with van der Waals surface area (Å²) in [4.78, 5) is 20.7. The Balaban J connectivity index is 1.43. The summed E-state index contributed by atoms with van der Waals surface area (Å²) in [5.41, 5.74) is 7.21. The van der Waals surface area contributed by atoms with E-state index in [1.165, 1.54) is 6.42 Å². The van der Waals surface area contributed by atoms with Crippen molar-refractivity contribution in [2.24, 2.45) is 11.8 Å². The number of nitrogens with one attached hydrogen (secondary N) is 1. The predicted octanol–water partition coefficient (Wildman–Crippen LogP) is 7.50. The van der Waals surface area contributed by atoms with Crippen LogP contribution in [0, 0.1) is 25.7 Å². The van der Waals surface area contributed by atoms with E-state index in [9.17, 15) is 9.90 Å². The van der Waals surface area contributed by atoms with E-state index in [1.54, 1.807) is 18.3 Å². The van der Waals surface area contributed by atoms with E-state index >= 15 is 0 Å². The molecular formula is C34H36ClN5O2S. The minimum atomic E-state index is -0.943. The van der Waals surface area contributed by atoms with Crippen LogP contribution in [0.5, 0.6) is 0 Å². The van der Waals surface area contributed by atoms with E-state index in [0.29, 0.717) is 22.0 Å². The molecule has 2 fully saturated rings. The quantitative estimate of drug-likeness (QED) is 0.218. The Labute approximate surface area is 263 Å². The van der Waals surface area contributed by atoms with Crippen LogP contribution in [0.4, 0.5) is 11.4 Å². The molecule has 0 aliphatic carbocycles. The van der Waals surface area contributed by atoms with Gasteiger partial charge in [0.2, 0.25) is 0 Å². The Morgan fingerprint density at radius 2 is 1.70 bits per heavy atom. The fourth-order valence-electron chi connectivity index (χ4n) is 6.95. The third kappa shape index (κ3) is 5.50. The number of anilines is 2. The van der Waals surface area contributed by atoms with Crippen LogP contribution in [0.3, 0.4) is 0 Å². The van der Waals surface area contributed by atoms with E-state index in [2.05, 4.69) is 65.6 Å². The average Bonchev–Trinajstić information content (AvgIpc) is 3.47. The molecule has 4 atom stereocenters. The molecule has 2 aromatic heterocycles. The molecule has 2 aliphatic rings. The minimum Gasteiger partial charge on any atom is -0.478 e. The van der Waals surface area contributed by atoms with Crippen molar-refractivity contribution in [3.8, 4) is 5.69 Å². The normalized spacial score (nSPS) is 22.1. The molecule has 0 saturated carbocycles. The highest BCUT2D eigenvalue weighted by atomic mass is 35.5. The first-order valence-electron chi connectivity index (χ1n) is 14.7. The number of rotatable bonds is 6. The van der Waals surface area contributed by atoms with Gasteiger partial charge >= 0.3 is 5.97 Å². The molecule has 0 bridgehead atoms. The fraction of sp³-hybridized carbons (Fsp3) is 0.324. The van der Waals surface area contributed by atoms with Crippen LogP contribution in [0.2, 0.25) is 5.02 Å². The average molecular weight is 614 g/mol. The highest BCUT2D eigenvalue weighted by Crippen LogP contribution is 2.45. The number of piperidine rings is 1. The van der Waals surface area contributed by atoms with Gasteiger partial charge in [0.05, 0.1) is 34.1 Å². The topological polar surface area (TPSA) is 73.6 Å². The first kappa shape index (κ1) is 29.2. The van der Waals surface area contributed by atoms with Gasteiger partial charge in [0.15, 0.2) is 5.11 Å². The number of carboxylic acids is 1. The SMILES string of the molecule is Cc1cc([C@H]2[C@@H](c3ccccn3)NC(=S)N2c2ccc(N3C[C@H](C)C[C@H](C)C3)c(Cl)c2)c(C)n1-c1ccc(C(=O)O)cc1. The highest BCUT2D eigenvalue weighted by Gasteiger charge is 2.42. The largest absolute Gasteiger partial charge is 0.478 e. The Morgan fingerprint density at radius 1 is 1.00 bits per heavy atom. The van der Waals surface area contributed by atoms with E-state index in [-0.39, 0.29) is 17.6 Å². The number of aromatic nitrogens is 2. The van der Waals surface area contributed by atoms with Crippen molar-refractivity contribution in [2.45, 2.75) is 46.2 Å². The van der Waals surface area contributed by atoms with E-state index in [0.717, 1.165) is 52.8 Å². The van der Waals surface area contributed by atoms with Crippen LogP contribution in [0.15, 0.2) is 72.9 Å². The second-order valence-corrected chi connectivity index (χ2v) is 12.8. The van der Waals surface area contributed by atoms with E-state index < -0.39 is 5.97 Å². The van der Waals surface area contributed by atoms with Crippen LogP contribution in [0.25, 0.3) is 5.69 Å². The van der Waals surface area contributed by atoms with Crippen molar-refractivity contribution in [3.05, 3.63) is 106 Å². The van der Waals surface area contributed by atoms with Crippen molar-refractivity contribution in [2.75, 3.05) is 22.9 Å². The zero-order valence-electron chi connectivity index (χ0n) is 24.8. The molecule has 6 rings (SSSR count). The first-order chi connectivity index (χ1) is 20.6. The molecule has 4 heterocycles. The van der Waals surface area contributed by atoms with Gasteiger partial charge in [-0.1, -0.05) is 31.5 Å². The maximum atomic E-state index is 11.4. The fourth-order valence-corrected chi connectivity index (χ4v) is 7.59. The summed E-state index contributed by atoms with van der Waals surface area (Å²) < 4.78 is 2.16. The Hall–Kier alpha value is -3.88. The summed E-state index contributed by atoms with van der Waals surface area (Å²) >= 11 is 13.0. The first-order valence-corrected chi connectivity index (χ1v) is 15.5. The second kappa shape index (κ2) is 11.7. The van der Waals surface area contributed by atoms with Gasteiger partial charge in [-0.2, -0.15) is 0 Å². The number of thiocarbonyl (C=S) groups is 1. The molecule has 222 valence electrons. The number of aryl methyl sites for hydroxylation is 1. The summed E-state index contributed by atoms with van der Waals surface area (Å²) in [7, 11) is 0. The number of nitrogens with zero attached hydrogens (tertiary/aromatic N) is 4. The van der Waals surface area contributed by atoms with Crippen molar-refractivity contribution < 1.29 is 9.90 Å². The van der Waals surface area contributed by atoms with Crippen LogP contribution in [-0.2, 0) is 0 Å². The molecule has 9 heteroatoms. The van der Waals surface area contributed by atoms with Gasteiger partial charge in [-0.3, -0.25) is 4.98 Å². The second-order valence-electron chi connectivity index (χ2n) is 12.0. The maximum absolute atomic E-state index is 11.4. The molecule has 2 aromatic carbocycles. The molecule has 43 heavy (non-hydrogen) atoms. The van der Waals surface area contributed by atoms with Gasteiger partial charge in [-0.05, 0) is 111 Å². The number of hydrogen-bond acceptors (Lipinski definition) is 4. The van der Waals surface area contributed by atoms with E-state index in [4.69, 9.17) is 28.8 Å². The summed E-state index contributed by atoms with van der Waals surface area (Å²) in [6.45, 7) is 10.8. The van der Waals surface area contributed by atoms with Crippen molar-refractivity contribution >= 4 is 46.3 Å². The van der Waals surface area contributed by atoms with E-state index in [1.807, 2.05) is 36.4 Å². The zero-order valence-corrected chi connectivity index (χ0v) is 26.4. The van der Waals surface area contributed by atoms with Gasteiger partial charge < -0.3 is 24.8 Å². The molecule has 0 radical (unpaired) electrons. The summed E-state index contributed by atoms with van der Waals surface area (Å²) in [5.74, 6) is 0.296. The number of pyridine rings is 1. The summed E-state index contributed by atoms with van der Waals surface area (Å²) in [6, 6.07) is 21.0. The molecule has 4 aromatic rings. The van der Waals surface area contributed by atoms with Crippen molar-refractivity contribution in [1.29, 1.82) is 0 Å². The van der Waals surface area contributed by atoms with Gasteiger partial charge in [-0.15, -0.1) is 0 Å². The Kier molecular flexibility index (Phi) is 7.92. The van der Waals surface area contributed by atoms with Crippen molar-refractivity contribution in [3.63, 3.8) is 0 Å². The third-order valence-corrected chi connectivity index (χ3v) is 9.30. The van der Waals surface area contributed by atoms with Crippen molar-refractivity contribution in [1.82, 2.24) is 14.9 Å². The number of halogens is 1. The van der Waals surface area contributed by atoms with Crippen LogP contribution >= 0.6 is 23.8 Å². The molecule has 2 aliphatic heterocycles. The summed E-state index contributed by atoms with van der Waals surface area (Å²) in [5, 5.41) is 14.3. The molecular weight excluding hydrogens is 578 g/mol. The van der Waals surface area contributed by atoms with Crippen LogP contribution < -0.4 is 15.1 Å². The van der Waals surface area contributed by atoms with Crippen LogP contribution in [0.1, 0.15) is 65.4 Å². The van der Waals surface area contributed by atoms with Gasteiger partial charge in [0.25, 0.3) is 0 Å². The Morgan fingerprint density at radius 3 is 2.33 bits per heavy atom. The molecule has 2 N–H and O–H groups in total. The smallest absolute Gasteiger partial charge is 0.335 e. The molecule has 0 unspecified atom stereocenters. The number of hydrogen-bond donors (Lipinski definition) is 2. The van der Waals surface area contributed by atoms with Crippen LogP contribution in [-0.4, -0.2) is 38.8 Å². The lowest BCUT2D eigenvalue weighted by Crippen LogP contribution is -2.38. The number of benzene rings is 2. The number of carbonyl (C=O) groups is 1. The highest BCUT2D eigenvalue weighted by molar-refractivity contribution is 7.80.